The lowest BCUT2D eigenvalue weighted by molar-refractivity contribution is -0.137. The third kappa shape index (κ3) is 5.22. The van der Waals surface area contributed by atoms with Crippen LogP contribution in [0.4, 0.5) is 17.6 Å². The van der Waals surface area contributed by atoms with Crippen LogP contribution in [0.3, 0.4) is 0 Å². The fourth-order valence-corrected chi connectivity index (χ4v) is 4.89. The second-order valence-corrected chi connectivity index (χ2v) is 9.30. The number of nitrogens with zero attached hydrogens (tertiary/aromatic N) is 3. The topological polar surface area (TPSA) is 66.7 Å². The zero-order valence-corrected chi connectivity index (χ0v) is 19.9. The summed E-state index contributed by atoms with van der Waals surface area (Å²) in [6.07, 6.45) is 1.61. The van der Waals surface area contributed by atoms with E-state index in [0.29, 0.717) is 11.1 Å². The van der Waals surface area contributed by atoms with Gasteiger partial charge in [0.05, 0.1) is 16.6 Å². The summed E-state index contributed by atoms with van der Waals surface area (Å²) >= 11 is 0. The van der Waals surface area contributed by atoms with E-state index < -0.39 is 29.7 Å². The molecule has 4 rings (SSSR count). The fraction of sp³-hybridized carbons (Fsp3) is 0.423. The third-order valence-electron chi connectivity index (χ3n) is 6.95. The van der Waals surface area contributed by atoms with Crippen LogP contribution < -0.4 is 5.32 Å². The molecule has 1 N–H and O–H groups in total. The first-order valence-corrected chi connectivity index (χ1v) is 11.9. The second kappa shape index (κ2) is 10.3. The molecule has 1 saturated carbocycles. The minimum Gasteiger partial charge on any atom is -0.351 e. The highest BCUT2D eigenvalue weighted by atomic mass is 19.4. The van der Waals surface area contributed by atoms with Gasteiger partial charge >= 0.3 is 6.18 Å². The van der Waals surface area contributed by atoms with Crippen LogP contribution >= 0.6 is 0 Å². The van der Waals surface area contributed by atoms with Crippen molar-refractivity contribution in [2.24, 2.45) is 0 Å². The van der Waals surface area contributed by atoms with E-state index in [1.165, 1.54) is 34.7 Å². The molecule has 0 spiro atoms. The number of halogens is 4. The van der Waals surface area contributed by atoms with Crippen LogP contribution in [-0.2, 0) is 11.6 Å². The number of amides is 2. The van der Waals surface area contributed by atoms with Gasteiger partial charge in [-0.15, -0.1) is 0 Å². The maximum Gasteiger partial charge on any atom is 0.416 e. The molecule has 2 aromatic heterocycles. The largest absolute Gasteiger partial charge is 0.416 e. The molecule has 0 radical (unpaired) electrons. The Morgan fingerprint density at radius 1 is 1.11 bits per heavy atom. The zero-order chi connectivity index (χ0) is 25.9. The molecular formula is C26H28F4N4O2. The minimum atomic E-state index is -4.41. The Bertz CT molecular complexity index is 1230. The normalized spacial score (nSPS) is 15.6. The number of alkyl halides is 4. The van der Waals surface area contributed by atoms with Gasteiger partial charge < -0.3 is 10.2 Å². The molecular weight excluding hydrogens is 476 g/mol. The van der Waals surface area contributed by atoms with Gasteiger partial charge in [0.1, 0.15) is 6.67 Å². The Balaban J connectivity index is 1.56. The van der Waals surface area contributed by atoms with Crippen molar-refractivity contribution in [2.75, 3.05) is 26.8 Å². The highest BCUT2D eigenvalue weighted by Gasteiger charge is 2.36. The van der Waals surface area contributed by atoms with E-state index in [1.54, 1.807) is 18.3 Å². The molecule has 1 aliphatic rings. The van der Waals surface area contributed by atoms with Crippen LogP contribution in [0.15, 0.2) is 48.7 Å². The Kier molecular flexibility index (Phi) is 7.33. The number of benzene rings is 1. The van der Waals surface area contributed by atoms with E-state index in [9.17, 15) is 27.2 Å². The molecule has 6 nitrogen and oxygen atoms in total. The van der Waals surface area contributed by atoms with Crippen LogP contribution in [0.1, 0.15) is 64.1 Å². The minimum absolute atomic E-state index is 0.0634. The van der Waals surface area contributed by atoms with Gasteiger partial charge in [0.2, 0.25) is 0 Å². The number of nitrogens with one attached hydrogen (secondary N) is 1. The molecule has 192 valence electrons. The van der Waals surface area contributed by atoms with Gasteiger partial charge in [0.25, 0.3) is 11.8 Å². The molecule has 0 atom stereocenters. The molecule has 1 aliphatic carbocycles. The van der Waals surface area contributed by atoms with Gasteiger partial charge in [0.15, 0.2) is 5.69 Å². The summed E-state index contributed by atoms with van der Waals surface area (Å²) in [7, 11) is 1.48. The first kappa shape index (κ1) is 25.7. The third-order valence-corrected chi connectivity index (χ3v) is 6.95. The Morgan fingerprint density at radius 2 is 1.81 bits per heavy atom. The predicted molar refractivity (Wildman–Crippen MR) is 127 cm³/mol. The van der Waals surface area contributed by atoms with Crippen molar-refractivity contribution in [2.45, 2.75) is 43.7 Å². The van der Waals surface area contributed by atoms with Crippen LogP contribution in [0.2, 0.25) is 0 Å². The first-order chi connectivity index (χ1) is 17.1. The van der Waals surface area contributed by atoms with Crippen LogP contribution in [0.25, 0.3) is 5.52 Å². The number of hydrogen-bond donors (Lipinski definition) is 1. The number of pyridine rings is 1. The summed E-state index contributed by atoms with van der Waals surface area (Å²) in [5.41, 5.74) is 0.465. The van der Waals surface area contributed by atoms with Gasteiger partial charge in [0, 0.05) is 31.7 Å². The maximum absolute atomic E-state index is 13.2. The van der Waals surface area contributed by atoms with Crippen molar-refractivity contribution in [1.82, 2.24) is 19.8 Å². The van der Waals surface area contributed by atoms with E-state index in [4.69, 9.17) is 0 Å². The molecule has 0 aliphatic heterocycles. The SMILES string of the molecule is CN(CCF)C(=O)c1cc2c(C(=O)NCC3(c4ccc(C(F)(F)F)cc4)CCCCC3)cccn2n1. The quantitative estimate of drug-likeness (QED) is 0.459. The molecule has 0 bridgehead atoms. The second-order valence-electron chi connectivity index (χ2n) is 9.30. The smallest absolute Gasteiger partial charge is 0.351 e. The molecule has 1 fully saturated rings. The van der Waals surface area contributed by atoms with Crippen LogP contribution in [-0.4, -0.2) is 53.1 Å². The van der Waals surface area contributed by atoms with Gasteiger partial charge in [-0.1, -0.05) is 31.4 Å². The van der Waals surface area contributed by atoms with Crippen molar-refractivity contribution in [3.05, 3.63) is 71.0 Å². The van der Waals surface area contributed by atoms with Crippen molar-refractivity contribution >= 4 is 17.3 Å². The number of carbonyl (C=O) groups excluding carboxylic acids is 2. The molecule has 1 aromatic carbocycles. The average molecular weight is 505 g/mol. The Labute approximate surface area is 206 Å². The van der Waals surface area contributed by atoms with E-state index in [1.807, 2.05) is 0 Å². The van der Waals surface area contributed by atoms with E-state index in [0.717, 1.165) is 49.8 Å². The van der Waals surface area contributed by atoms with Gasteiger partial charge in [-0.25, -0.2) is 8.91 Å². The van der Waals surface area contributed by atoms with Crippen molar-refractivity contribution < 1.29 is 27.2 Å². The first-order valence-electron chi connectivity index (χ1n) is 11.9. The van der Waals surface area contributed by atoms with Crippen molar-refractivity contribution in [3.63, 3.8) is 0 Å². The van der Waals surface area contributed by atoms with Crippen LogP contribution in [0.5, 0.6) is 0 Å². The lowest BCUT2D eigenvalue weighted by Crippen LogP contribution is -2.42. The van der Waals surface area contributed by atoms with Gasteiger partial charge in [-0.05, 0) is 48.7 Å². The molecule has 3 aromatic rings. The number of fused-ring (bicyclic) bond motifs is 1. The Hall–Kier alpha value is -3.43. The molecule has 2 amide bonds. The van der Waals surface area contributed by atoms with Crippen molar-refractivity contribution in [3.8, 4) is 0 Å². The highest BCUT2D eigenvalue weighted by molar-refractivity contribution is 6.02. The zero-order valence-electron chi connectivity index (χ0n) is 19.9. The van der Waals surface area contributed by atoms with Crippen LogP contribution in [0, 0.1) is 0 Å². The maximum atomic E-state index is 13.2. The fourth-order valence-electron chi connectivity index (χ4n) is 4.89. The molecule has 0 unspecified atom stereocenters. The summed E-state index contributed by atoms with van der Waals surface area (Å²) in [5, 5.41) is 7.21. The van der Waals surface area contributed by atoms with Gasteiger partial charge in [-0.2, -0.15) is 18.3 Å². The van der Waals surface area contributed by atoms with Crippen molar-refractivity contribution in [1.29, 1.82) is 0 Å². The molecule has 0 saturated heterocycles. The summed E-state index contributed by atoms with van der Waals surface area (Å²) in [6.45, 7) is -0.465. The monoisotopic (exact) mass is 504 g/mol. The Morgan fingerprint density at radius 3 is 2.44 bits per heavy atom. The summed E-state index contributed by atoms with van der Waals surface area (Å²) < 4.78 is 53.2. The summed E-state index contributed by atoms with van der Waals surface area (Å²) in [5.74, 6) is -0.820. The lowest BCUT2D eigenvalue weighted by atomic mass is 9.69. The lowest BCUT2D eigenvalue weighted by Gasteiger charge is -2.38. The summed E-state index contributed by atoms with van der Waals surface area (Å²) in [4.78, 5) is 27.0. The average Bonchev–Trinajstić information content (AvgIpc) is 3.31. The standard InChI is InChI=1S/C26H28F4N4O2/c1-33(15-13-27)24(36)21-16-22-20(6-5-14-34(22)32-21)23(35)31-17-25(11-3-2-4-12-25)18-7-9-19(10-8-18)26(28,29)30/h5-10,14,16H,2-4,11-13,15,17H2,1H3,(H,31,35). The number of carbonyl (C=O) groups is 2. The number of rotatable bonds is 7. The molecule has 10 heteroatoms. The predicted octanol–water partition coefficient (Wildman–Crippen LogP) is 5.03. The number of aromatic nitrogens is 2. The number of hydrogen-bond acceptors (Lipinski definition) is 3. The molecule has 2 heterocycles. The molecule has 36 heavy (non-hydrogen) atoms. The van der Waals surface area contributed by atoms with E-state index >= 15 is 0 Å². The van der Waals surface area contributed by atoms with E-state index in [-0.39, 0.29) is 24.7 Å². The highest BCUT2D eigenvalue weighted by Crippen LogP contribution is 2.40. The van der Waals surface area contributed by atoms with Gasteiger partial charge in [-0.3, -0.25) is 9.59 Å². The summed E-state index contributed by atoms with van der Waals surface area (Å²) in [6, 6.07) is 9.99. The van der Waals surface area contributed by atoms with E-state index in [2.05, 4.69) is 10.4 Å².